The van der Waals surface area contributed by atoms with Gasteiger partial charge in [-0.25, -0.2) is 0 Å². The SMILES string of the molecule is [C]1=CCC(COCc2ccccc2)(COCc2ccccc2)CC1. The fourth-order valence-corrected chi connectivity index (χ4v) is 3.05. The van der Waals surface area contributed by atoms with Crippen molar-refractivity contribution in [3.63, 3.8) is 0 Å². The molecule has 0 spiro atoms. The summed E-state index contributed by atoms with van der Waals surface area (Å²) in [6, 6.07) is 20.7. The van der Waals surface area contributed by atoms with Gasteiger partial charge < -0.3 is 9.47 Å². The quantitative estimate of drug-likeness (QED) is 0.685. The smallest absolute Gasteiger partial charge is 0.0717 e. The van der Waals surface area contributed by atoms with E-state index in [1.165, 1.54) is 11.1 Å². The van der Waals surface area contributed by atoms with E-state index in [9.17, 15) is 0 Å². The van der Waals surface area contributed by atoms with E-state index in [-0.39, 0.29) is 5.41 Å². The molecule has 0 heterocycles. The van der Waals surface area contributed by atoms with E-state index in [0.29, 0.717) is 13.2 Å². The molecular formula is C22H25O2. The first-order chi connectivity index (χ1) is 11.9. The topological polar surface area (TPSA) is 18.5 Å². The minimum Gasteiger partial charge on any atom is -0.376 e. The summed E-state index contributed by atoms with van der Waals surface area (Å²) in [5.41, 5.74) is 2.51. The Morgan fingerprint density at radius 3 is 1.79 bits per heavy atom. The molecule has 2 heteroatoms. The Morgan fingerprint density at radius 1 is 0.792 bits per heavy atom. The zero-order valence-corrected chi connectivity index (χ0v) is 14.1. The Hall–Kier alpha value is -1.90. The standard InChI is InChI=1S/C22H25O2/c1-4-10-20(11-5-1)16-23-18-22(14-8-3-9-15-22)19-24-17-21-12-6-2-7-13-21/h1-2,4-8,10-13H,9,14-19H2. The molecule has 0 bridgehead atoms. The maximum absolute atomic E-state index is 6.04. The molecule has 1 aliphatic rings. The Bertz CT molecular complexity index is 573. The van der Waals surface area contributed by atoms with Crippen LogP contribution in [0.2, 0.25) is 0 Å². The van der Waals surface area contributed by atoms with Crippen LogP contribution >= 0.6 is 0 Å². The first-order valence-corrected chi connectivity index (χ1v) is 8.65. The van der Waals surface area contributed by atoms with Crippen LogP contribution in [0.3, 0.4) is 0 Å². The zero-order chi connectivity index (χ0) is 16.5. The number of benzene rings is 2. The van der Waals surface area contributed by atoms with Gasteiger partial charge in [0.15, 0.2) is 0 Å². The molecule has 0 saturated carbocycles. The van der Waals surface area contributed by atoms with Crippen LogP contribution in [0.25, 0.3) is 0 Å². The molecule has 0 atom stereocenters. The first-order valence-electron chi connectivity index (χ1n) is 8.65. The van der Waals surface area contributed by atoms with E-state index >= 15 is 0 Å². The maximum atomic E-state index is 6.04. The minimum absolute atomic E-state index is 0.0782. The first kappa shape index (κ1) is 16.9. The summed E-state index contributed by atoms with van der Waals surface area (Å²) in [4.78, 5) is 0. The van der Waals surface area contributed by atoms with Crippen LogP contribution in [0.1, 0.15) is 30.4 Å². The Morgan fingerprint density at radius 2 is 1.33 bits per heavy atom. The molecule has 24 heavy (non-hydrogen) atoms. The zero-order valence-electron chi connectivity index (χ0n) is 14.1. The van der Waals surface area contributed by atoms with Gasteiger partial charge in [-0.2, -0.15) is 0 Å². The highest BCUT2D eigenvalue weighted by Crippen LogP contribution is 2.33. The molecule has 125 valence electrons. The van der Waals surface area contributed by atoms with Gasteiger partial charge in [0, 0.05) is 5.41 Å². The van der Waals surface area contributed by atoms with Crippen molar-refractivity contribution < 1.29 is 9.47 Å². The number of hydrogen-bond donors (Lipinski definition) is 0. The van der Waals surface area contributed by atoms with E-state index in [2.05, 4.69) is 60.7 Å². The van der Waals surface area contributed by atoms with Gasteiger partial charge in [0.05, 0.1) is 26.4 Å². The lowest BCUT2D eigenvalue weighted by Crippen LogP contribution is -2.33. The minimum atomic E-state index is 0.0782. The van der Waals surface area contributed by atoms with Crippen molar-refractivity contribution in [1.82, 2.24) is 0 Å². The van der Waals surface area contributed by atoms with Gasteiger partial charge in [-0.1, -0.05) is 66.7 Å². The summed E-state index contributed by atoms with van der Waals surface area (Å²) in [6.07, 6.45) is 8.52. The molecule has 0 aromatic heterocycles. The highest BCUT2D eigenvalue weighted by Gasteiger charge is 2.31. The number of hydrogen-bond acceptors (Lipinski definition) is 2. The van der Waals surface area contributed by atoms with Crippen molar-refractivity contribution in [1.29, 1.82) is 0 Å². The van der Waals surface area contributed by atoms with Crippen molar-refractivity contribution in [2.45, 2.75) is 32.5 Å². The van der Waals surface area contributed by atoms with Gasteiger partial charge in [-0.3, -0.25) is 0 Å². The second kappa shape index (κ2) is 8.81. The average Bonchev–Trinajstić information content (AvgIpc) is 2.64. The molecule has 2 aromatic carbocycles. The fourth-order valence-electron chi connectivity index (χ4n) is 3.05. The van der Waals surface area contributed by atoms with Crippen molar-refractivity contribution in [3.8, 4) is 0 Å². The van der Waals surface area contributed by atoms with Gasteiger partial charge in [-0.15, -0.1) is 0 Å². The van der Waals surface area contributed by atoms with Crippen molar-refractivity contribution >= 4 is 0 Å². The maximum Gasteiger partial charge on any atom is 0.0717 e. The molecule has 0 N–H and O–H groups in total. The number of allylic oxidation sites excluding steroid dienone is 2. The third kappa shape index (κ3) is 5.05. The van der Waals surface area contributed by atoms with Gasteiger partial charge in [0.25, 0.3) is 0 Å². The summed E-state index contributed by atoms with van der Waals surface area (Å²) in [6.45, 7) is 2.78. The Kier molecular flexibility index (Phi) is 6.22. The number of rotatable bonds is 8. The average molecular weight is 321 g/mol. The van der Waals surface area contributed by atoms with Crippen molar-refractivity contribution in [3.05, 3.63) is 83.9 Å². The fraction of sp³-hybridized carbons (Fsp3) is 0.364. The van der Waals surface area contributed by atoms with Crippen molar-refractivity contribution in [2.75, 3.05) is 13.2 Å². The van der Waals surface area contributed by atoms with Crippen molar-refractivity contribution in [2.24, 2.45) is 5.41 Å². The van der Waals surface area contributed by atoms with E-state index in [4.69, 9.17) is 9.47 Å². The molecule has 0 saturated heterocycles. The molecule has 0 amide bonds. The molecule has 0 aliphatic heterocycles. The van der Waals surface area contributed by atoms with Crippen LogP contribution in [-0.4, -0.2) is 13.2 Å². The predicted molar refractivity (Wildman–Crippen MR) is 96.3 cm³/mol. The summed E-state index contributed by atoms with van der Waals surface area (Å²) < 4.78 is 12.1. The lowest BCUT2D eigenvalue weighted by atomic mass is 9.78. The Labute approximate surface area is 145 Å². The second-order valence-corrected chi connectivity index (χ2v) is 6.57. The normalized spacial score (nSPS) is 16.2. The summed E-state index contributed by atoms with van der Waals surface area (Å²) >= 11 is 0. The Balaban J connectivity index is 1.51. The van der Waals surface area contributed by atoms with E-state index < -0.39 is 0 Å². The van der Waals surface area contributed by atoms with Crippen LogP contribution in [0.5, 0.6) is 0 Å². The van der Waals surface area contributed by atoms with Crippen LogP contribution < -0.4 is 0 Å². The van der Waals surface area contributed by atoms with Crippen LogP contribution in [-0.2, 0) is 22.7 Å². The molecule has 0 fully saturated rings. The highest BCUT2D eigenvalue weighted by atomic mass is 16.5. The lowest BCUT2D eigenvalue weighted by Gasteiger charge is -2.34. The summed E-state index contributed by atoms with van der Waals surface area (Å²) in [7, 11) is 0. The molecule has 0 unspecified atom stereocenters. The summed E-state index contributed by atoms with van der Waals surface area (Å²) in [5.74, 6) is 0. The molecule has 1 radical (unpaired) electrons. The van der Waals surface area contributed by atoms with Crippen LogP contribution in [0.15, 0.2) is 66.7 Å². The monoisotopic (exact) mass is 321 g/mol. The van der Waals surface area contributed by atoms with Gasteiger partial charge in [-0.05, 0) is 36.5 Å². The lowest BCUT2D eigenvalue weighted by molar-refractivity contribution is -0.0380. The molecule has 1 aliphatic carbocycles. The van der Waals surface area contributed by atoms with Gasteiger partial charge >= 0.3 is 0 Å². The highest BCUT2D eigenvalue weighted by molar-refractivity contribution is 5.14. The van der Waals surface area contributed by atoms with E-state index in [1.807, 2.05) is 12.1 Å². The van der Waals surface area contributed by atoms with E-state index in [1.54, 1.807) is 0 Å². The van der Waals surface area contributed by atoms with Crippen LogP contribution in [0, 0.1) is 11.5 Å². The van der Waals surface area contributed by atoms with E-state index in [0.717, 1.165) is 32.5 Å². The largest absolute Gasteiger partial charge is 0.376 e. The second-order valence-electron chi connectivity index (χ2n) is 6.57. The molecule has 2 aromatic rings. The molecule has 2 nitrogen and oxygen atoms in total. The predicted octanol–water partition coefficient (Wildman–Crippen LogP) is 4.95. The molecule has 3 rings (SSSR count). The number of ether oxygens (including phenoxy) is 2. The van der Waals surface area contributed by atoms with Gasteiger partial charge in [0.1, 0.15) is 0 Å². The third-order valence-corrected chi connectivity index (χ3v) is 4.52. The van der Waals surface area contributed by atoms with Gasteiger partial charge in [0.2, 0.25) is 0 Å². The third-order valence-electron chi connectivity index (χ3n) is 4.52. The van der Waals surface area contributed by atoms with Crippen LogP contribution in [0.4, 0.5) is 0 Å². The molecular weight excluding hydrogens is 296 g/mol. The summed E-state index contributed by atoms with van der Waals surface area (Å²) in [5, 5.41) is 0.